The molecule has 59 heavy (non-hydrogen) atoms. The second-order valence-electron chi connectivity index (χ2n) is 15.5. The van der Waals surface area contributed by atoms with Crippen molar-refractivity contribution < 1.29 is 38.2 Å². The van der Waals surface area contributed by atoms with E-state index in [2.05, 4.69) is 21.4 Å². The second-order valence-corrected chi connectivity index (χ2v) is 15.5. The Balaban J connectivity index is 1.91. The minimum absolute atomic E-state index is 0.00335. The van der Waals surface area contributed by atoms with E-state index in [1.807, 2.05) is 139 Å². The molecule has 13 nitrogen and oxygen atoms in total. The molecule has 6 atom stereocenters. The van der Waals surface area contributed by atoms with Gasteiger partial charge < -0.3 is 30.2 Å². The number of nitrogens with one attached hydrogen (secondary N) is 4. The van der Waals surface area contributed by atoms with Crippen LogP contribution in [-0.2, 0) is 48.2 Å². The first kappa shape index (κ1) is 47.9. The fraction of sp³-hybridized carbons (Fsp3) is 0.500. The van der Waals surface area contributed by atoms with Gasteiger partial charge in [0.25, 0.3) is 5.91 Å². The maximum absolute atomic E-state index is 14.3. The lowest BCUT2D eigenvalue weighted by Crippen LogP contribution is -2.60. The maximum Gasteiger partial charge on any atom is 0.408 e. The lowest BCUT2D eigenvalue weighted by molar-refractivity contribution is -0.154. The van der Waals surface area contributed by atoms with Crippen LogP contribution in [0.2, 0.25) is 0 Å². The van der Waals surface area contributed by atoms with E-state index >= 15 is 0 Å². The lowest BCUT2D eigenvalue weighted by atomic mass is 9.96. The summed E-state index contributed by atoms with van der Waals surface area (Å²) in [4.78, 5) is 67.7. The van der Waals surface area contributed by atoms with Crippen LogP contribution in [0.4, 0.5) is 9.59 Å². The van der Waals surface area contributed by atoms with Gasteiger partial charge >= 0.3 is 18.2 Å². The highest BCUT2D eigenvalue weighted by Crippen LogP contribution is 2.17. The Bertz CT molecular complexity index is 1710. The predicted molar refractivity (Wildman–Crippen MR) is 227 cm³/mol. The highest BCUT2D eigenvalue weighted by Gasteiger charge is 2.35. The number of rotatable bonds is 24. The van der Waals surface area contributed by atoms with Crippen LogP contribution in [0.3, 0.4) is 0 Å². The zero-order chi connectivity index (χ0) is 43.2. The molecule has 13 heteroatoms. The molecule has 4 amide bonds. The molecule has 3 aromatic rings. The molecule has 0 radical (unpaired) electrons. The van der Waals surface area contributed by atoms with Crippen molar-refractivity contribution in [1.29, 1.82) is 0 Å². The fourth-order valence-electron chi connectivity index (χ4n) is 6.33. The van der Waals surface area contributed by atoms with Crippen LogP contribution in [0, 0.1) is 17.8 Å². The van der Waals surface area contributed by atoms with Gasteiger partial charge in [-0.15, -0.1) is 0 Å². The number of hydrogen-bond acceptors (Lipinski definition) is 9. The number of esters is 1. The van der Waals surface area contributed by atoms with E-state index in [9.17, 15) is 24.0 Å². The Morgan fingerprint density at radius 1 is 0.593 bits per heavy atom. The number of amides is 4. The summed E-state index contributed by atoms with van der Waals surface area (Å²) in [7, 11) is 0. The summed E-state index contributed by atoms with van der Waals surface area (Å²) in [5.41, 5.74) is 5.49. The Morgan fingerprint density at radius 2 is 1.05 bits per heavy atom. The summed E-state index contributed by atoms with van der Waals surface area (Å²) in [5, 5.41) is 10.3. The SMILES string of the molecule is CCCC(=O)O[C@@H](CN(CC(C)C)NC(=O)[C@@H](NC(=O)OCc1ccccc1)[C@@H](C)CC)[C@H](Cc1ccccc1)NC(=O)[C@@H](NC(=O)OCc1ccccc1)[C@@H](C)CC. The highest BCUT2D eigenvalue weighted by atomic mass is 16.6. The Labute approximate surface area is 350 Å². The second kappa shape index (κ2) is 25.8. The fourth-order valence-corrected chi connectivity index (χ4v) is 6.33. The molecule has 0 aliphatic carbocycles. The first-order chi connectivity index (χ1) is 28.3. The molecular formula is C46H65N5O8. The van der Waals surface area contributed by atoms with E-state index in [1.54, 1.807) is 5.01 Å². The normalized spacial score (nSPS) is 14.2. The van der Waals surface area contributed by atoms with E-state index in [1.165, 1.54) is 0 Å². The number of hydrazine groups is 1. The molecule has 0 aromatic heterocycles. The number of carbonyl (C=O) groups excluding carboxylic acids is 5. The van der Waals surface area contributed by atoms with Gasteiger partial charge in [-0.3, -0.25) is 19.8 Å². The Kier molecular flexibility index (Phi) is 21.0. The summed E-state index contributed by atoms with van der Waals surface area (Å²) < 4.78 is 17.1. The average molecular weight is 816 g/mol. The van der Waals surface area contributed by atoms with Gasteiger partial charge in [-0.05, 0) is 47.3 Å². The summed E-state index contributed by atoms with van der Waals surface area (Å²) in [6.45, 7) is 13.9. The topological polar surface area (TPSA) is 164 Å². The van der Waals surface area contributed by atoms with Gasteiger partial charge in [-0.1, -0.05) is 152 Å². The maximum atomic E-state index is 14.3. The summed E-state index contributed by atoms with van der Waals surface area (Å²) in [6.07, 6.45) is -0.282. The monoisotopic (exact) mass is 815 g/mol. The molecule has 0 bridgehead atoms. The molecule has 3 aromatic carbocycles. The van der Waals surface area contributed by atoms with Gasteiger partial charge in [0.1, 0.15) is 31.4 Å². The van der Waals surface area contributed by atoms with Crippen molar-refractivity contribution >= 4 is 30.0 Å². The molecule has 0 heterocycles. The van der Waals surface area contributed by atoms with E-state index < -0.39 is 54.2 Å². The van der Waals surface area contributed by atoms with Crippen molar-refractivity contribution in [2.75, 3.05) is 13.1 Å². The third-order valence-corrected chi connectivity index (χ3v) is 10.0. The van der Waals surface area contributed by atoms with Gasteiger partial charge in [0.15, 0.2) is 0 Å². The smallest absolute Gasteiger partial charge is 0.408 e. The average Bonchev–Trinajstić information content (AvgIpc) is 3.23. The third-order valence-electron chi connectivity index (χ3n) is 10.0. The molecule has 0 spiro atoms. The molecule has 4 N–H and O–H groups in total. The quantitative estimate of drug-likeness (QED) is 0.0420. The third kappa shape index (κ3) is 17.5. The molecule has 0 aliphatic heterocycles. The predicted octanol–water partition coefficient (Wildman–Crippen LogP) is 7.10. The number of alkyl carbamates (subject to hydrolysis) is 2. The van der Waals surface area contributed by atoms with Gasteiger partial charge in [-0.25, -0.2) is 14.6 Å². The zero-order valence-electron chi connectivity index (χ0n) is 35.8. The molecule has 0 saturated heterocycles. The summed E-state index contributed by atoms with van der Waals surface area (Å²) in [6, 6.07) is 25.3. The minimum atomic E-state index is -0.968. The van der Waals surface area contributed by atoms with Crippen molar-refractivity contribution in [2.45, 2.75) is 118 Å². The van der Waals surface area contributed by atoms with Crippen LogP contribution in [-0.4, -0.2) is 72.3 Å². The minimum Gasteiger partial charge on any atom is -0.459 e. The first-order valence-corrected chi connectivity index (χ1v) is 20.9. The zero-order valence-corrected chi connectivity index (χ0v) is 35.8. The molecule has 322 valence electrons. The molecule has 0 saturated carbocycles. The van der Waals surface area contributed by atoms with E-state index in [-0.39, 0.29) is 50.4 Å². The largest absolute Gasteiger partial charge is 0.459 e. The van der Waals surface area contributed by atoms with E-state index in [0.717, 1.165) is 16.7 Å². The molecule has 0 fully saturated rings. The lowest BCUT2D eigenvalue weighted by Gasteiger charge is -2.35. The summed E-state index contributed by atoms with van der Waals surface area (Å²) in [5.74, 6) is -1.87. The highest BCUT2D eigenvalue weighted by molar-refractivity contribution is 5.86. The van der Waals surface area contributed by atoms with Crippen LogP contribution in [0.25, 0.3) is 0 Å². The first-order valence-electron chi connectivity index (χ1n) is 20.9. The van der Waals surface area contributed by atoms with E-state index in [0.29, 0.717) is 25.8 Å². The molecular weight excluding hydrogens is 751 g/mol. The van der Waals surface area contributed by atoms with Crippen LogP contribution < -0.4 is 21.4 Å². The van der Waals surface area contributed by atoms with Crippen molar-refractivity contribution in [2.24, 2.45) is 17.8 Å². The standard InChI is InChI=1S/C46H65N5O8/c1-8-20-40(52)59-39(29-51(28-32(4)5)50-44(54)42(34(7)10-3)49-46(56)58-31-37-25-18-13-19-26-37)38(27-35-21-14-11-15-22-35)47-43(53)41(33(6)9-2)48-45(55)57-30-36-23-16-12-17-24-36/h11-19,21-26,32-34,38-39,41-42H,8-10,20,27-31H2,1-7H3,(H,47,53)(H,48,55)(H,49,56)(H,50,54)/t33-,34-,38-,39-,41-,42-/m0/s1. The van der Waals surface area contributed by atoms with Crippen molar-refractivity contribution in [3.63, 3.8) is 0 Å². The molecule has 3 rings (SSSR count). The van der Waals surface area contributed by atoms with E-state index in [4.69, 9.17) is 14.2 Å². The number of nitrogens with zero attached hydrogens (tertiary/aromatic N) is 1. The van der Waals surface area contributed by atoms with Gasteiger partial charge in [-0.2, -0.15) is 0 Å². The van der Waals surface area contributed by atoms with Crippen LogP contribution >= 0.6 is 0 Å². The van der Waals surface area contributed by atoms with Crippen LogP contribution in [0.5, 0.6) is 0 Å². The number of carbonyl (C=O) groups is 5. The van der Waals surface area contributed by atoms with Crippen molar-refractivity contribution in [3.8, 4) is 0 Å². The van der Waals surface area contributed by atoms with Gasteiger partial charge in [0.2, 0.25) is 5.91 Å². The molecule has 0 aliphatic rings. The number of ether oxygens (including phenoxy) is 3. The molecule has 0 unspecified atom stereocenters. The number of hydrogen-bond donors (Lipinski definition) is 4. The van der Waals surface area contributed by atoms with Gasteiger partial charge in [0.05, 0.1) is 12.6 Å². The Morgan fingerprint density at radius 3 is 1.49 bits per heavy atom. The van der Waals surface area contributed by atoms with Crippen LogP contribution in [0.15, 0.2) is 91.0 Å². The van der Waals surface area contributed by atoms with Gasteiger partial charge in [0, 0.05) is 13.0 Å². The van der Waals surface area contributed by atoms with Crippen molar-refractivity contribution in [1.82, 2.24) is 26.4 Å². The number of benzene rings is 3. The van der Waals surface area contributed by atoms with Crippen molar-refractivity contribution in [3.05, 3.63) is 108 Å². The van der Waals surface area contributed by atoms with Crippen LogP contribution in [0.1, 0.15) is 90.8 Å². The Hall–Kier alpha value is -5.43. The summed E-state index contributed by atoms with van der Waals surface area (Å²) >= 11 is 0.